The maximum atomic E-state index is 11.7. The Labute approximate surface area is 112 Å². The largest absolute Gasteiger partial charge is 0.484 e. The predicted molar refractivity (Wildman–Crippen MR) is 73.7 cm³/mol. The molecule has 1 rings (SSSR count). The van der Waals surface area contributed by atoms with Gasteiger partial charge in [-0.2, -0.15) is 0 Å². The summed E-state index contributed by atoms with van der Waals surface area (Å²) in [6.45, 7) is 5.31. The van der Waals surface area contributed by atoms with Crippen LogP contribution in [0.2, 0.25) is 0 Å². The van der Waals surface area contributed by atoms with E-state index in [0.717, 1.165) is 0 Å². The van der Waals surface area contributed by atoms with Crippen molar-refractivity contribution in [2.24, 2.45) is 5.73 Å². The minimum Gasteiger partial charge on any atom is -0.484 e. The molecule has 0 radical (unpaired) electrons. The highest BCUT2D eigenvalue weighted by Gasteiger charge is 2.17. The summed E-state index contributed by atoms with van der Waals surface area (Å²) >= 11 is 0. The molecule has 1 aromatic rings. The number of carbonyl (C=O) groups is 1. The average molecular weight is 265 g/mol. The third-order valence-corrected chi connectivity index (χ3v) is 1.91. The van der Waals surface area contributed by atoms with Gasteiger partial charge >= 0.3 is 6.09 Å². The zero-order valence-corrected chi connectivity index (χ0v) is 11.3. The highest BCUT2D eigenvalue weighted by molar-refractivity contribution is 5.87. The zero-order chi connectivity index (χ0) is 14.5. The number of amides is 1. The van der Waals surface area contributed by atoms with Gasteiger partial charge in [0.25, 0.3) is 0 Å². The molecule has 0 aliphatic rings. The van der Waals surface area contributed by atoms with E-state index < -0.39 is 11.7 Å². The summed E-state index contributed by atoms with van der Waals surface area (Å²) in [4.78, 5) is 11.7. The second-order valence-corrected chi connectivity index (χ2v) is 4.94. The lowest BCUT2D eigenvalue weighted by atomic mass is 10.2. The number of hydrogen-bond donors (Lipinski definition) is 3. The van der Waals surface area contributed by atoms with Crippen LogP contribution >= 0.6 is 0 Å². The molecule has 6 nitrogen and oxygen atoms in total. The van der Waals surface area contributed by atoms with E-state index in [4.69, 9.17) is 20.6 Å². The minimum absolute atomic E-state index is 0.0347. The maximum Gasteiger partial charge on any atom is 0.412 e. The van der Waals surface area contributed by atoms with Crippen LogP contribution in [0.5, 0.6) is 5.75 Å². The number of anilines is 1. The van der Waals surface area contributed by atoms with Gasteiger partial charge in [0.2, 0.25) is 0 Å². The van der Waals surface area contributed by atoms with Crippen LogP contribution in [0.1, 0.15) is 20.8 Å². The summed E-state index contributed by atoms with van der Waals surface area (Å²) in [5.41, 5.74) is 5.12. The molecule has 0 bridgehead atoms. The maximum absolute atomic E-state index is 11.7. The number of rotatable bonds is 4. The van der Waals surface area contributed by atoms with Crippen molar-refractivity contribution in [3.63, 3.8) is 0 Å². The molecule has 0 fully saturated rings. The van der Waals surface area contributed by atoms with Gasteiger partial charge in [-0.1, -0.05) is 12.1 Å². The first-order valence-corrected chi connectivity index (χ1v) is 5.82. The monoisotopic (exact) mass is 265 g/mol. The van der Waals surface area contributed by atoms with Crippen molar-refractivity contribution in [1.29, 1.82) is 5.41 Å². The van der Waals surface area contributed by atoms with Crippen molar-refractivity contribution in [1.82, 2.24) is 0 Å². The number of carbonyl (C=O) groups excluding carboxylic acids is 1. The number of nitrogens with one attached hydrogen (secondary N) is 2. The Hall–Kier alpha value is -2.24. The Balaban J connectivity index is 2.72. The molecule has 0 saturated carbocycles. The SMILES string of the molecule is CC(C)(C)OC(=O)Nc1ccccc1OCC(=N)N. The molecule has 4 N–H and O–H groups in total. The summed E-state index contributed by atoms with van der Waals surface area (Å²) in [5.74, 6) is 0.343. The lowest BCUT2D eigenvalue weighted by molar-refractivity contribution is 0.0635. The molecule has 19 heavy (non-hydrogen) atoms. The van der Waals surface area contributed by atoms with Crippen LogP contribution in [0.3, 0.4) is 0 Å². The van der Waals surface area contributed by atoms with E-state index in [1.807, 2.05) is 0 Å². The number of ether oxygens (including phenoxy) is 2. The van der Waals surface area contributed by atoms with Crippen molar-refractivity contribution < 1.29 is 14.3 Å². The molecule has 0 atom stereocenters. The van der Waals surface area contributed by atoms with Gasteiger partial charge in [-0.25, -0.2) is 4.79 Å². The van der Waals surface area contributed by atoms with E-state index in [1.54, 1.807) is 45.0 Å². The first kappa shape index (κ1) is 14.8. The van der Waals surface area contributed by atoms with Crippen molar-refractivity contribution in [3.8, 4) is 5.75 Å². The highest BCUT2D eigenvalue weighted by atomic mass is 16.6. The molecule has 0 unspecified atom stereocenters. The summed E-state index contributed by atoms with van der Waals surface area (Å²) in [7, 11) is 0. The Kier molecular flexibility index (Phi) is 4.74. The molecule has 0 heterocycles. The number of nitrogens with two attached hydrogens (primary N) is 1. The normalized spacial score (nSPS) is 10.7. The van der Waals surface area contributed by atoms with Gasteiger partial charge in [0.15, 0.2) is 0 Å². The summed E-state index contributed by atoms with van der Waals surface area (Å²) < 4.78 is 10.5. The molecule has 1 aromatic carbocycles. The Morgan fingerprint density at radius 3 is 2.58 bits per heavy atom. The molecule has 0 aliphatic carbocycles. The Morgan fingerprint density at radius 1 is 1.37 bits per heavy atom. The fourth-order valence-corrected chi connectivity index (χ4v) is 1.26. The Bertz CT molecular complexity index is 466. The standard InChI is InChI=1S/C13H19N3O3/c1-13(2,3)19-12(17)16-9-6-4-5-7-10(9)18-8-11(14)15/h4-7H,8H2,1-3H3,(H3,14,15)(H,16,17). The van der Waals surface area contributed by atoms with Gasteiger partial charge in [0, 0.05) is 0 Å². The van der Waals surface area contributed by atoms with Gasteiger partial charge in [0.1, 0.15) is 23.8 Å². The second-order valence-electron chi connectivity index (χ2n) is 4.94. The topological polar surface area (TPSA) is 97.4 Å². The Morgan fingerprint density at radius 2 is 2.00 bits per heavy atom. The van der Waals surface area contributed by atoms with E-state index in [9.17, 15) is 4.79 Å². The molecule has 0 aromatic heterocycles. The quantitative estimate of drug-likeness (QED) is 0.575. The van der Waals surface area contributed by atoms with Crippen LogP contribution in [0.25, 0.3) is 0 Å². The van der Waals surface area contributed by atoms with Crippen molar-refractivity contribution in [3.05, 3.63) is 24.3 Å². The molecule has 104 valence electrons. The van der Waals surface area contributed by atoms with Crippen LogP contribution in [-0.4, -0.2) is 24.1 Å². The summed E-state index contributed by atoms with van der Waals surface area (Å²) in [6.07, 6.45) is -0.564. The minimum atomic E-state index is -0.570. The summed E-state index contributed by atoms with van der Waals surface area (Å²) in [5, 5.41) is 9.71. The predicted octanol–water partition coefficient (Wildman–Crippen LogP) is 2.35. The van der Waals surface area contributed by atoms with E-state index >= 15 is 0 Å². The molecule has 0 aliphatic heterocycles. The summed E-state index contributed by atoms with van der Waals surface area (Å²) in [6, 6.07) is 6.87. The van der Waals surface area contributed by atoms with Gasteiger partial charge in [-0.05, 0) is 32.9 Å². The van der Waals surface area contributed by atoms with Crippen LogP contribution in [-0.2, 0) is 4.74 Å². The fourth-order valence-electron chi connectivity index (χ4n) is 1.26. The average Bonchev–Trinajstić information content (AvgIpc) is 2.25. The smallest absolute Gasteiger partial charge is 0.412 e. The van der Waals surface area contributed by atoms with E-state index in [1.165, 1.54) is 0 Å². The van der Waals surface area contributed by atoms with Crippen LogP contribution < -0.4 is 15.8 Å². The molecule has 0 saturated heterocycles. The van der Waals surface area contributed by atoms with Crippen LogP contribution in [0, 0.1) is 5.41 Å². The van der Waals surface area contributed by atoms with Crippen molar-refractivity contribution >= 4 is 17.6 Å². The number of benzene rings is 1. The van der Waals surface area contributed by atoms with E-state index in [2.05, 4.69) is 5.32 Å². The molecule has 6 heteroatoms. The number of para-hydroxylation sites is 2. The lowest BCUT2D eigenvalue weighted by Gasteiger charge is -2.20. The molecule has 1 amide bonds. The highest BCUT2D eigenvalue weighted by Crippen LogP contribution is 2.24. The van der Waals surface area contributed by atoms with Crippen LogP contribution in [0.4, 0.5) is 10.5 Å². The third-order valence-electron chi connectivity index (χ3n) is 1.91. The van der Waals surface area contributed by atoms with Crippen molar-refractivity contribution in [2.75, 3.05) is 11.9 Å². The van der Waals surface area contributed by atoms with Gasteiger partial charge in [0.05, 0.1) is 5.69 Å². The van der Waals surface area contributed by atoms with Crippen LogP contribution in [0.15, 0.2) is 24.3 Å². The van der Waals surface area contributed by atoms with Gasteiger partial charge in [-0.3, -0.25) is 10.7 Å². The van der Waals surface area contributed by atoms with Crippen molar-refractivity contribution in [2.45, 2.75) is 26.4 Å². The first-order chi connectivity index (χ1) is 8.78. The van der Waals surface area contributed by atoms with E-state index in [-0.39, 0.29) is 12.4 Å². The fraction of sp³-hybridized carbons (Fsp3) is 0.385. The second kappa shape index (κ2) is 6.08. The van der Waals surface area contributed by atoms with Gasteiger partial charge < -0.3 is 15.2 Å². The molecular weight excluding hydrogens is 246 g/mol. The van der Waals surface area contributed by atoms with E-state index in [0.29, 0.717) is 11.4 Å². The number of amidine groups is 1. The number of hydrogen-bond acceptors (Lipinski definition) is 4. The third kappa shape index (κ3) is 5.76. The lowest BCUT2D eigenvalue weighted by Crippen LogP contribution is -2.27. The molecule has 0 spiro atoms. The zero-order valence-electron chi connectivity index (χ0n) is 11.3. The van der Waals surface area contributed by atoms with Gasteiger partial charge in [-0.15, -0.1) is 0 Å². The molecular formula is C13H19N3O3. The first-order valence-electron chi connectivity index (χ1n) is 5.82.